The molecule has 0 aromatic heterocycles. The largest absolute Gasteiger partial charge is 0.393 e. The van der Waals surface area contributed by atoms with Crippen molar-refractivity contribution in [3.05, 3.63) is 0 Å². The van der Waals surface area contributed by atoms with Crippen LogP contribution in [0, 0.1) is 50.2 Å². The lowest BCUT2D eigenvalue weighted by Gasteiger charge is -2.79. The Hall–Kier alpha value is 1.38. The van der Waals surface area contributed by atoms with Crippen LogP contribution in [0.1, 0.15) is 145 Å². The summed E-state index contributed by atoms with van der Waals surface area (Å²) in [4.78, 5) is 0. The van der Waals surface area contributed by atoms with Gasteiger partial charge in [-0.3, -0.25) is 0 Å². The van der Waals surface area contributed by atoms with Crippen molar-refractivity contribution in [1.29, 1.82) is 0 Å². The van der Waals surface area contributed by atoms with Gasteiger partial charge in [-0.15, -0.1) is 0 Å². The lowest BCUT2D eigenvalue weighted by atomic mass is 9.30. The normalized spacial score (nSPS) is 56.4. The first kappa shape index (κ1) is 30.4. The van der Waals surface area contributed by atoms with Gasteiger partial charge < -0.3 is 10.2 Å². The minimum absolute atomic E-state index is 0.0415. The van der Waals surface area contributed by atoms with Crippen molar-refractivity contribution in [2.45, 2.75) is 164 Å². The highest BCUT2D eigenvalue weighted by Crippen LogP contribution is 2.82. The first-order valence-electron chi connectivity index (χ1n) is 16.7. The monoisotopic (exact) mass is 764 g/mol. The quantitative estimate of drug-likeness (QED) is 0.222. The van der Waals surface area contributed by atoms with E-state index in [0.29, 0.717) is 22.7 Å². The molecule has 224 valence electrons. The number of halogens is 2. The lowest BCUT2D eigenvalue weighted by molar-refractivity contribution is -0.255. The second kappa shape index (κ2) is 9.21. The Morgan fingerprint density at radius 1 is 0.718 bits per heavy atom. The SMILES string of the molecule is CC1(C)CCC2(CCC3CCC3)CC[C@@]3(C)C4(C)CCC5C(C)(C)C(O)CCC5(C)C4CC(O)C3(I)C2(I)C1. The Morgan fingerprint density at radius 3 is 2.03 bits per heavy atom. The molecule has 2 nitrogen and oxygen atoms in total. The molecule has 0 aromatic carbocycles. The average Bonchev–Trinajstić information content (AvgIpc) is 2.81. The van der Waals surface area contributed by atoms with Crippen molar-refractivity contribution >= 4 is 45.2 Å². The van der Waals surface area contributed by atoms with E-state index >= 15 is 0 Å². The molecule has 4 heteroatoms. The highest BCUT2D eigenvalue weighted by molar-refractivity contribution is 14.1. The van der Waals surface area contributed by atoms with Crippen LogP contribution in [0.25, 0.3) is 0 Å². The van der Waals surface area contributed by atoms with E-state index in [-0.39, 0.29) is 40.7 Å². The Morgan fingerprint density at radius 2 is 1.38 bits per heavy atom. The molecule has 0 spiro atoms. The van der Waals surface area contributed by atoms with Crippen molar-refractivity contribution in [1.82, 2.24) is 0 Å². The molecule has 2 N–H and O–H groups in total. The standard InChI is InChI=1S/C35H58I2O2/c1-28(2)17-19-33(16-11-23-9-8-10-23)20-18-32(7)31(6)15-12-24-29(3,4)26(38)13-14-30(24,5)25(31)21-27(39)35(32,37)34(33,36)22-28/h23-27,38-39H,8-22H2,1-7H3/t24?,25?,26?,27?,30?,31?,32-,33?,34?,35?/m0/s1. The fraction of sp³-hybridized carbons (Fsp3) is 1.00. The van der Waals surface area contributed by atoms with Crippen molar-refractivity contribution in [2.75, 3.05) is 0 Å². The van der Waals surface area contributed by atoms with E-state index in [9.17, 15) is 10.2 Å². The maximum absolute atomic E-state index is 12.7. The second-order valence-corrected chi connectivity index (χ2v) is 21.5. The van der Waals surface area contributed by atoms with E-state index < -0.39 is 0 Å². The third kappa shape index (κ3) is 3.73. The molecular weight excluding hydrogens is 706 g/mol. The van der Waals surface area contributed by atoms with Crippen molar-refractivity contribution in [2.24, 2.45) is 50.2 Å². The summed E-state index contributed by atoms with van der Waals surface area (Å²) < 4.78 is -0.00395. The molecule has 6 fully saturated rings. The first-order valence-corrected chi connectivity index (χ1v) is 18.8. The van der Waals surface area contributed by atoms with Crippen LogP contribution < -0.4 is 0 Å². The molecule has 6 rings (SSSR count). The molecule has 0 aliphatic heterocycles. The Balaban J connectivity index is 1.44. The molecule has 0 saturated heterocycles. The van der Waals surface area contributed by atoms with Gasteiger partial charge >= 0.3 is 0 Å². The van der Waals surface area contributed by atoms with Gasteiger partial charge in [0.15, 0.2) is 0 Å². The summed E-state index contributed by atoms with van der Waals surface area (Å²) in [6, 6.07) is 0. The van der Waals surface area contributed by atoms with Gasteiger partial charge in [0, 0.05) is 3.42 Å². The lowest BCUT2D eigenvalue weighted by Crippen LogP contribution is -2.80. The summed E-state index contributed by atoms with van der Waals surface area (Å²) in [5.41, 5.74) is 1.17. The van der Waals surface area contributed by atoms with E-state index in [1.165, 1.54) is 77.0 Å². The molecule has 0 radical (unpaired) electrons. The molecule has 0 bridgehead atoms. The van der Waals surface area contributed by atoms with Gasteiger partial charge in [0.1, 0.15) is 0 Å². The number of hydrogen-bond donors (Lipinski definition) is 2. The van der Waals surface area contributed by atoms with E-state index in [4.69, 9.17) is 0 Å². The maximum Gasteiger partial charge on any atom is 0.0707 e. The molecule has 0 heterocycles. The van der Waals surface area contributed by atoms with Crippen LogP contribution in [0.3, 0.4) is 0 Å². The van der Waals surface area contributed by atoms with E-state index in [2.05, 4.69) is 93.6 Å². The molecule has 6 saturated carbocycles. The van der Waals surface area contributed by atoms with Gasteiger partial charge in [0.05, 0.1) is 15.6 Å². The van der Waals surface area contributed by atoms with Crippen molar-refractivity contribution in [3.8, 4) is 0 Å². The van der Waals surface area contributed by atoms with Gasteiger partial charge in [-0.2, -0.15) is 0 Å². The fourth-order valence-corrected chi connectivity index (χ4v) is 17.5. The summed E-state index contributed by atoms with van der Waals surface area (Å²) in [6.45, 7) is 17.7. The van der Waals surface area contributed by atoms with Gasteiger partial charge in [-0.05, 0) is 127 Å². The molecule has 0 aromatic rings. The van der Waals surface area contributed by atoms with Gasteiger partial charge in [0.2, 0.25) is 0 Å². The van der Waals surface area contributed by atoms with Crippen LogP contribution >= 0.6 is 45.2 Å². The fourth-order valence-electron chi connectivity index (χ4n) is 12.8. The Bertz CT molecular complexity index is 991. The van der Waals surface area contributed by atoms with Crippen LogP contribution in [0.4, 0.5) is 0 Å². The topological polar surface area (TPSA) is 40.5 Å². The number of aliphatic hydroxyl groups is 2. The van der Waals surface area contributed by atoms with E-state index in [1.807, 2.05) is 0 Å². The minimum atomic E-state index is -0.263. The Kier molecular flexibility index (Phi) is 7.18. The zero-order valence-corrected chi connectivity index (χ0v) is 30.5. The Labute approximate surface area is 267 Å². The maximum atomic E-state index is 12.7. The van der Waals surface area contributed by atoms with Crippen LogP contribution in [0.2, 0.25) is 0 Å². The number of aliphatic hydroxyl groups excluding tert-OH is 2. The minimum Gasteiger partial charge on any atom is -0.393 e. The molecule has 10 atom stereocenters. The van der Waals surface area contributed by atoms with Gasteiger partial charge in [0.25, 0.3) is 0 Å². The van der Waals surface area contributed by atoms with Gasteiger partial charge in [-0.25, -0.2) is 0 Å². The number of fused-ring (bicyclic) bond motifs is 7. The zero-order valence-electron chi connectivity index (χ0n) is 26.1. The van der Waals surface area contributed by atoms with E-state index in [0.717, 1.165) is 25.2 Å². The molecule has 39 heavy (non-hydrogen) atoms. The van der Waals surface area contributed by atoms with Crippen LogP contribution in [-0.4, -0.2) is 29.3 Å². The predicted molar refractivity (Wildman–Crippen MR) is 180 cm³/mol. The van der Waals surface area contributed by atoms with Gasteiger partial charge in [-0.1, -0.05) is 113 Å². The summed E-state index contributed by atoms with van der Waals surface area (Å²) in [7, 11) is 0. The zero-order chi connectivity index (χ0) is 28.5. The highest BCUT2D eigenvalue weighted by atomic mass is 127. The summed E-state index contributed by atoms with van der Waals surface area (Å²) in [6.07, 6.45) is 18.8. The molecule has 9 unspecified atom stereocenters. The van der Waals surface area contributed by atoms with Crippen LogP contribution in [0.5, 0.6) is 0 Å². The molecule has 0 amide bonds. The summed E-state index contributed by atoms with van der Waals surface area (Å²) >= 11 is 5.95. The third-order valence-corrected chi connectivity index (χ3v) is 22.0. The van der Waals surface area contributed by atoms with Crippen molar-refractivity contribution < 1.29 is 10.2 Å². The average molecular weight is 765 g/mol. The first-order chi connectivity index (χ1) is 17.9. The van der Waals surface area contributed by atoms with Crippen LogP contribution in [0.15, 0.2) is 0 Å². The summed E-state index contributed by atoms with van der Waals surface area (Å²) in [5.74, 6) is 2.03. The molecule has 6 aliphatic rings. The third-order valence-electron chi connectivity index (χ3n) is 15.8. The van der Waals surface area contributed by atoms with Crippen molar-refractivity contribution in [3.63, 3.8) is 0 Å². The summed E-state index contributed by atoms with van der Waals surface area (Å²) in [5, 5.41) is 23.8. The van der Waals surface area contributed by atoms with Crippen LogP contribution in [-0.2, 0) is 0 Å². The smallest absolute Gasteiger partial charge is 0.0707 e. The number of hydrogen-bond acceptors (Lipinski definition) is 2. The highest BCUT2D eigenvalue weighted by Gasteiger charge is 2.80. The number of alkyl halides is 2. The van der Waals surface area contributed by atoms with E-state index in [1.54, 1.807) is 0 Å². The predicted octanol–water partition coefficient (Wildman–Crippen LogP) is 9.90. The molecule has 6 aliphatic carbocycles. The second-order valence-electron chi connectivity index (χ2n) is 18.0. The number of rotatable bonds is 3. The molecular formula is C35H58I2O2.